The molecule has 0 aromatic carbocycles. The van der Waals surface area contributed by atoms with E-state index < -0.39 is 0 Å². The molecule has 0 aromatic rings. The van der Waals surface area contributed by atoms with Crippen molar-refractivity contribution in [3.8, 4) is 0 Å². The van der Waals surface area contributed by atoms with Gasteiger partial charge in [0.05, 0.1) is 5.41 Å². The first kappa shape index (κ1) is 15.1. The molecule has 2 fully saturated rings. The lowest BCUT2D eigenvalue weighted by atomic mass is 9.84. The van der Waals surface area contributed by atoms with E-state index in [0.717, 1.165) is 37.9 Å². The molecule has 17 heavy (non-hydrogen) atoms. The molecule has 1 heterocycles. The predicted octanol–water partition coefficient (Wildman–Crippen LogP) is 1.89. The van der Waals surface area contributed by atoms with Gasteiger partial charge in [-0.25, -0.2) is 0 Å². The van der Waals surface area contributed by atoms with Crippen LogP contribution < -0.4 is 5.73 Å². The van der Waals surface area contributed by atoms with Crippen LogP contribution in [0.3, 0.4) is 0 Å². The number of hydrogen-bond acceptors (Lipinski definition) is 3. The van der Waals surface area contributed by atoms with E-state index in [9.17, 15) is 4.79 Å². The van der Waals surface area contributed by atoms with Crippen molar-refractivity contribution in [2.24, 2.45) is 11.1 Å². The van der Waals surface area contributed by atoms with Gasteiger partial charge in [-0.15, -0.1) is 12.4 Å². The molecular weight excluding hydrogens is 256 g/mol. The molecule has 1 aliphatic heterocycles. The summed E-state index contributed by atoms with van der Waals surface area (Å²) in [6.45, 7) is 0.524. The van der Waals surface area contributed by atoms with E-state index >= 15 is 0 Å². The summed E-state index contributed by atoms with van der Waals surface area (Å²) in [5.74, 6) is 2.60. The smallest absolute Gasteiger partial charge is 0.230 e. The second kappa shape index (κ2) is 6.30. The molecule has 0 spiro atoms. The Hall–Kier alpha value is 0.0700. The van der Waals surface area contributed by atoms with Crippen LogP contribution in [0.1, 0.15) is 32.1 Å². The minimum Gasteiger partial charge on any atom is -0.341 e. The van der Waals surface area contributed by atoms with Gasteiger partial charge in [-0.05, 0) is 25.0 Å². The lowest BCUT2D eigenvalue weighted by Gasteiger charge is -2.34. The molecule has 2 rings (SSSR count). The van der Waals surface area contributed by atoms with E-state index in [2.05, 4.69) is 0 Å². The number of halogens is 1. The van der Waals surface area contributed by atoms with Crippen LogP contribution in [0.4, 0.5) is 0 Å². The van der Waals surface area contributed by atoms with E-state index in [1.54, 1.807) is 0 Å². The largest absolute Gasteiger partial charge is 0.341 e. The maximum atomic E-state index is 12.5. The van der Waals surface area contributed by atoms with Gasteiger partial charge in [0.15, 0.2) is 0 Å². The molecule has 0 aromatic heterocycles. The Morgan fingerprint density at radius 2 is 2.12 bits per heavy atom. The number of nitrogens with two attached hydrogens (primary N) is 1. The Bertz CT molecular complexity index is 263. The SMILES string of the molecule is CN(C(=O)C1(CN)CCCC1)C1CCSC1.Cl. The fourth-order valence-electron chi connectivity index (χ4n) is 2.92. The van der Waals surface area contributed by atoms with Gasteiger partial charge in [0.2, 0.25) is 5.91 Å². The lowest BCUT2D eigenvalue weighted by molar-refractivity contribution is -0.141. The molecule has 1 aliphatic carbocycles. The average Bonchev–Trinajstić information content (AvgIpc) is 2.98. The molecule has 1 amide bonds. The zero-order chi connectivity index (χ0) is 11.6. The molecule has 0 bridgehead atoms. The predicted molar refractivity (Wildman–Crippen MR) is 75.7 cm³/mol. The molecule has 0 radical (unpaired) electrons. The van der Waals surface area contributed by atoms with Gasteiger partial charge in [0.25, 0.3) is 0 Å². The number of amides is 1. The van der Waals surface area contributed by atoms with Crippen LogP contribution in [0.15, 0.2) is 0 Å². The highest BCUT2D eigenvalue weighted by molar-refractivity contribution is 7.99. The van der Waals surface area contributed by atoms with Gasteiger partial charge in [-0.3, -0.25) is 4.79 Å². The van der Waals surface area contributed by atoms with Gasteiger partial charge in [0, 0.05) is 25.4 Å². The molecule has 5 heteroatoms. The van der Waals surface area contributed by atoms with Gasteiger partial charge in [-0.2, -0.15) is 11.8 Å². The topological polar surface area (TPSA) is 46.3 Å². The highest BCUT2D eigenvalue weighted by Crippen LogP contribution is 2.39. The summed E-state index contributed by atoms with van der Waals surface area (Å²) in [6, 6.07) is 0.446. The number of thioether (sulfide) groups is 1. The first-order chi connectivity index (χ1) is 7.69. The van der Waals surface area contributed by atoms with Gasteiger partial charge in [0.1, 0.15) is 0 Å². The van der Waals surface area contributed by atoms with Gasteiger partial charge >= 0.3 is 0 Å². The molecule has 3 nitrogen and oxygen atoms in total. The molecule has 1 unspecified atom stereocenters. The quantitative estimate of drug-likeness (QED) is 0.858. The fraction of sp³-hybridized carbons (Fsp3) is 0.917. The second-order valence-electron chi connectivity index (χ2n) is 5.13. The lowest BCUT2D eigenvalue weighted by Crippen LogP contribution is -2.48. The van der Waals surface area contributed by atoms with Crippen molar-refractivity contribution >= 4 is 30.1 Å². The standard InChI is InChI=1S/C12H22N2OS.ClH/c1-14(10-4-7-16-8-10)11(15)12(9-13)5-2-3-6-12;/h10H,2-9,13H2,1H3;1H. The van der Waals surface area contributed by atoms with E-state index in [1.807, 2.05) is 23.7 Å². The zero-order valence-electron chi connectivity index (χ0n) is 10.5. The van der Waals surface area contributed by atoms with Crippen LogP contribution in [0.5, 0.6) is 0 Å². The molecule has 2 aliphatic rings. The van der Waals surface area contributed by atoms with Crippen LogP contribution in [-0.2, 0) is 4.79 Å². The highest BCUT2D eigenvalue weighted by Gasteiger charge is 2.43. The summed E-state index contributed by atoms with van der Waals surface area (Å²) >= 11 is 1.95. The summed E-state index contributed by atoms with van der Waals surface area (Å²) < 4.78 is 0. The normalized spacial score (nSPS) is 26.6. The number of carbonyl (C=O) groups excluding carboxylic acids is 1. The van der Waals surface area contributed by atoms with Gasteiger partial charge in [-0.1, -0.05) is 12.8 Å². The third kappa shape index (κ3) is 2.91. The highest BCUT2D eigenvalue weighted by atomic mass is 35.5. The zero-order valence-corrected chi connectivity index (χ0v) is 12.1. The van der Waals surface area contributed by atoms with Crippen molar-refractivity contribution in [1.82, 2.24) is 4.90 Å². The Morgan fingerprint density at radius 1 is 1.47 bits per heavy atom. The van der Waals surface area contributed by atoms with Crippen LogP contribution in [0.25, 0.3) is 0 Å². The molecule has 2 N–H and O–H groups in total. The van der Waals surface area contributed by atoms with E-state index in [4.69, 9.17) is 5.73 Å². The Kier molecular flexibility index (Phi) is 5.61. The summed E-state index contributed by atoms with van der Waals surface area (Å²) in [6.07, 6.45) is 5.46. The van der Waals surface area contributed by atoms with Crippen molar-refractivity contribution in [2.75, 3.05) is 25.1 Å². The molecule has 1 saturated heterocycles. The van der Waals surface area contributed by atoms with Crippen molar-refractivity contribution in [2.45, 2.75) is 38.1 Å². The third-order valence-electron chi connectivity index (χ3n) is 4.18. The minimum atomic E-state index is -0.220. The van der Waals surface area contributed by atoms with E-state index in [1.165, 1.54) is 5.75 Å². The third-order valence-corrected chi connectivity index (χ3v) is 5.32. The molecular formula is C12H23ClN2OS. The van der Waals surface area contributed by atoms with E-state index in [-0.39, 0.29) is 17.8 Å². The molecule has 100 valence electrons. The number of nitrogens with zero attached hydrogens (tertiary/aromatic N) is 1. The Morgan fingerprint density at radius 3 is 2.59 bits per heavy atom. The summed E-state index contributed by atoms with van der Waals surface area (Å²) in [7, 11) is 1.97. The summed E-state index contributed by atoms with van der Waals surface area (Å²) in [5, 5.41) is 0. The Labute approximate surface area is 114 Å². The summed E-state index contributed by atoms with van der Waals surface area (Å²) in [5.41, 5.74) is 5.63. The number of rotatable bonds is 3. The fourth-order valence-corrected chi connectivity index (χ4v) is 4.19. The van der Waals surface area contributed by atoms with Crippen molar-refractivity contribution < 1.29 is 4.79 Å². The minimum absolute atomic E-state index is 0. The van der Waals surface area contributed by atoms with E-state index in [0.29, 0.717) is 18.5 Å². The first-order valence-corrected chi connectivity index (χ1v) is 7.40. The van der Waals surface area contributed by atoms with Gasteiger partial charge < -0.3 is 10.6 Å². The second-order valence-corrected chi connectivity index (χ2v) is 6.27. The molecule has 1 atom stereocenters. The maximum absolute atomic E-state index is 12.5. The van der Waals surface area contributed by atoms with Crippen molar-refractivity contribution in [1.29, 1.82) is 0 Å². The Balaban J connectivity index is 0.00000144. The number of hydrogen-bond donors (Lipinski definition) is 1. The average molecular weight is 279 g/mol. The number of carbonyl (C=O) groups is 1. The van der Waals surface area contributed by atoms with Crippen LogP contribution >= 0.6 is 24.2 Å². The van der Waals surface area contributed by atoms with Crippen molar-refractivity contribution in [3.63, 3.8) is 0 Å². The van der Waals surface area contributed by atoms with Crippen LogP contribution in [0.2, 0.25) is 0 Å². The molecule has 1 saturated carbocycles. The van der Waals surface area contributed by atoms with Crippen LogP contribution in [-0.4, -0.2) is 41.9 Å². The monoisotopic (exact) mass is 278 g/mol. The summed E-state index contributed by atoms with van der Waals surface area (Å²) in [4.78, 5) is 14.5. The first-order valence-electron chi connectivity index (χ1n) is 6.25. The van der Waals surface area contributed by atoms with Crippen LogP contribution in [0, 0.1) is 5.41 Å². The van der Waals surface area contributed by atoms with Crippen molar-refractivity contribution in [3.05, 3.63) is 0 Å². The maximum Gasteiger partial charge on any atom is 0.230 e.